The number of carbonyl (C=O) groups is 2. The van der Waals surface area contributed by atoms with E-state index in [1.54, 1.807) is 20.8 Å². The molecule has 2 heterocycles. The molecule has 35 heavy (non-hydrogen) atoms. The Kier molecular flexibility index (Phi) is 9.08. The van der Waals surface area contributed by atoms with Gasteiger partial charge in [0.25, 0.3) is 0 Å². The Labute approximate surface area is 202 Å². The lowest BCUT2D eigenvalue weighted by Gasteiger charge is -2.51. The maximum Gasteiger partial charge on any atom is 0.408 e. The van der Waals surface area contributed by atoms with Gasteiger partial charge in [0.2, 0.25) is 11.8 Å². The topological polar surface area (TPSA) is 47.1 Å². The third-order valence-electron chi connectivity index (χ3n) is 6.88. The van der Waals surface area contributed by atoms with Crippen LogP contribution in [-0.4, -0.2) is 107 Å². The molecule has 2 aliphatic heterocycles. The number of hydrogen-bond acceptors (Lipinski definition) is 4. The van der Waals surface area contributed by atoms with E-state index in [2.05, 4.69) is 6.58 Å². The fourth-order valence-corrected chi connectivity index (χ4v) is 4.84. The largest absolute Gasteiger partial charge is 0.408 e. The molecule has 12 heteroatoms. The van der Waals surface area contributed by atoms with E-state index in [-0.39, 0.29) is 38.6 Å². The number of nitrogens with zero attached hydrogens (tertiary/aromatic N) is 4. The minimum Gasteiger partial charge on any atom is -0.336 e. The quantitative estimate of drug-likeness (QED) is 0.404. The van der Waals surface area contributed by atoms with E-state index in [1.807, 2.05) is 0 Å². The number of rotatable bonds is 6. The van der Waals surface area contributed by atoms with E-state index in [0.29, 0.717) is 0 Å². The van der Waals surface area contributed by atoms with Crippen LogP contribution < -0.4 is 0 Å². The summed E-state index contributed by atoms with van der Waals surface area (Å²) in [4.78, 5) is 29.2. The second-order valence-electron chi connectivity index (χ2n) is 9.59. The van der Waals surface area contributed by atoms with Crippen molar-refractivity contribution in [1.82, 2.24) is 19.6 Å². The molecule has 2 rings (SSSR count). The summed E-state index contributed by atoms with van der Waals surface area (Å²) in [7, 11) is 0. The van der Waals surface area contributed by atoms with Crippen molar-refractivity contribution in [3.05, 3.63) is 24.8 Å². The summed E-state index contributed by atoms with van der Waals surface area (Å²) >= 11 is 0. The summed E-state index contributed by atoms with van der Waals surface area (Å²) in [6, 6.07) is -2.83. The summed E-state index contributed by atoms with van der Waals surface area (Å²) < 4.78 is 82.5. The van der Waals surface area contributed by atoms with Crippen LogP contribution in [0.3, 0.4) is 0 Å². The van der Waals surface area contributed by atoms with Gasteiger partial charge in [0.1, 0.15) is 11.6 Å². The summed E-state index contributed by atoms with van der Waals surface area (Å²) in [6.45, 7) is 8.56. The van der Waals surface area contributed by atoms with E-state index in [4.69, 9.17) is 0 Å². The van der Waals surface area contributed by atoms with Crippen molar-refractivity contribution in [3.63, 3.8) is 0 Å². The van der Waals surface area contributed by atoms with Crippen LogP contribution in [0.2, 0.25) is 0 Å². The van der Waals surface area contributed by atoms with Crippen LogP contribution in [0.1, 0.15) is 34.1 Å². The molecule has 0 bridgehead atoms. The highest BCUT2D eigenvalue weighted by atomic mass is 19.4. The van der Waals surface area contributed by atoms with Gasteiger partial charge in [0, 0.05) is 51.4 Å². The first kappa shape index (κ1) is 29.2. The SMILES string of the molecule is C=CC(=O)N1CCN(C(C)C/C=C/C(=O)N2CCN(C(C)C)C(C)(C(F)(F)F)C2)C(C(F)(F)F)C1. The van der Waals surface area contributed by atoms with Crippen molar-refractivity contribution in [2.45, 2.75) is 70.1 Å². The molecule has 0 saturated carbocycles. The molecule has 0 spiro atoms. The first-order valence-electron chi connectivity index (χ1n) is 11.6. The molecule has 200 valence electrons. The normalized spacial score (nSPS) is 26.4. The van der Waals surface area contributed by atoms with Crippen LogP contribution in [-0.2, 0) is 9.59 Å². The van der Waals surface area contributed by atoms with Gasteiger partial charge in [0.15, 0.2) is 0 Å². The van der Waals surface area contributed by atoms with Crippen molar-refractivity contribution in [3.8, 4) is 0 Å². The average Bonchev–Trinajstić information content (AvgIpc) is 2.76. The molecule has 0 N–H and O–H groups in total. The molecule has 0 aromatic carbocycles. The first-order chi connectivity index (χ1) is 16.0. The highest BCUT2D eigenvalue weighted by Gasteiger charge is 2.58. The molecule has 0 aliphatic carbocycles. The lowest BCUT2D eigenvalue weighted by atomic mass is 9.93. The standard InChI is InChI=1S/C23H34F6N4O2/c1-6-19(34)30-10-12-32(18(14-30)22(24,25)26)17(4)8-7-9-20(35)31-11-13-33(16(2)3)21(5,15-31)23(27,28)29/h6-7,9,16-18H,1,8,10-15H2,2-5H3/b9-7+. The maximum absolute atomic E-state index is 13.8. The van der Waals surface area contributed by atoms with Gasteiger partial charge in [-0.25, -0.2) is 0 Å². The van der Waals surface area contributed by atoms with Gasteiger partial charge in [-0.15, -0.1) is 0 Å². The lowest BCUT2D eigenvalue weighted by Crippen LogP contribution is -2.69. The van der Waals surface area contributed by atoms with Crippen molar-refractivity contribution in [2.24, 2.45) is 0 Å². The minimum atomic E-state index is -4.56. The van der Waals surface area contributed by atoms with Gasteiger partial charge in [0.05, 0.1) is 0 Å². The summed E-state index contributed by atoms with van der Waals surface area (Å²) in [6.07, 6.45) is -5.50. The Morgan fingerprint density at radius 2 is 1.60 bits per heavy atom. The number of piperazine rings is 2. The van der Waals surface area contributed by atoms with Gasteiger partial charge in [-0.1, -0.05) is 12.7 Å². The summed E-state index contributed by atoms with van der Waals surface area (Å²) in [5.74, 6) is -1.18. The zero-order chi connectivity index (χ0) is 26.8. The Balaban J connectivity index is 2.05. The minimum absolute atomic E-state index is 0.00614. The zero-order valence-corrected chi connectivity index (χ0v) is 20.5. The Hall–Kier alpha value is -2.08. The molecule has 6 nitrogen and oxygen atoms in total. The van der Waals surface area contributed by atoms with E-state index < -0.39 is 54.9 Å². The number of halogens is 6. The molecular weight excluding hydrogens is 478 g/mol. The van der Waals surface area contributed by atoms with Gasteiger partial charge >= 0.3 is 12.4 Å². The van der Waals surface area contributed by atoms with Gasteiger partial charge in [-0.2, -0.15) is 26.3 Å². The highest BCUT2D eigenvalue weighted by Crippen LogP contribution is 2.39. The van der Waals surface area contributed by atoms with Crippen LogP contribution in [0.5, 0.6) is 0 Å². The van der Waals surface area contributed by atoms with Gasteiger partial charge in [-0.05, 0) is 46.3 Å². The van der Waals surface area contributed by atoms with Crippen molar-refractivity contribution >= 4 is 11.8 Å². The van der Waals surface area contributed by atoms with Crippen LogP contribution >= 0.6 is 0 Å². The van der Waals surface area contributed by atoms with Gasteiger partial charge < -0.3 is 9.80 Å². The average molecular weight is 513 g/mol. The van der Waals surface area contributed by atoms with Gasteiger partial charge in [-0.3, -0.25) is 19.4 Å². The first-order valence-corrected chi connectivity index (χ1v) is 11.6. The molecule has 2 fully saturated rings. The van der Waals surface area contributed by atoms with E-state index in [0.717, 1.165) is 28.9 Å². The predicted molar refractivity (Wildman–Crippen MR) is 119 cm³/mol. The fraction of sp³-hybridized carbons (Fsp3) is 0.739. The highest BCUT2D eigenvalue weighted by molar-refractivity contribution is 5.88. The Bertz CT molecular complexity index is 813. The lowest BCUT2D eigenvalue weighted by molar-refractivity contribution is -0.245. The molecule has 0 radical (unpaired) electrons. The third-order valence-corrected chi connectivity index (χ3v) is 6.88. The van der Waals surface area contributed by atoms with E-state index in [1.165, 1.54) is 15.9 Å². The maximum atomic E-state index is 13.8. The fourth-order valence-electron chi connectivity index (χ4n) is 4.84. The van der Waals surface area contributed by atoms with Crippen LogP contribution in [0.25, 0.3) is 0 Å². The third kappa shape index (κ3) is 6.58. The molecule has 3 atom stereocenters. The van der Waals surface area contributed by atoms with Crippen molar-refractivity contribution in [2.75, 3.05) is 39.3 Å². The molecule has 0 aromatic rings. The molecule has 3 unspecified atom stereocenters. The number of carbonyl (C=O) groups excluding carboxylic acids is 2. The Morgan fingerprint density at radius 1 is 1.00 bits per heavy atom. The van der Waals surface area contributed by atoms with Crippen molar-refractivity contribution < 1.29 is 35.9 Å². The predicted octanol–water partition coefficient (Wildman–Crippen LogP) is 3.46. The van der Waals surface area contributed by atoms with Crippen LogP contribution in [0.15, 0.2) is 24.8 Å². The van der Waals surface area contributed by atoms with E-state index in [9.17, 15) is 35.9 Å². The summed E-state index contributed by atoms with van der Waals surface area (Å²) in [5, 5.41) is 0. The number of hydrogen-bond donors (Lipinski definition) is 0. The molecule has 2 saturated heterocycles. The second kappa shape index (κ2) is 10.9. The molecule has 2 aliphatic rings. The summed E-state index contributed by atoms with van der Waals surface area (Å²) in [5.41, 5.74) is -2.20. The second-order valence-corrected chi connectivity index (χ2v) is 9.59. The van der Waals surface area contributed by atoms with E-state index >= 15 is 0 Å². The zero-order valence-electron chi connectivity index (χ0n) is 20.5. The number of alkyl halides is 6. The van der Waals surface area contributed by atoms with Crippen LogP contribution in [0, 0.1) is 0 Å². The van der Waals surface area contributed by atoms with Crippen LogP contribution in [0.4, 0.5) is 26.3 Å². The smallest absolute Gasteiger partial charge is 0.336 e. The molecule has 0 aromatic heterocycles. The van der Waals surface area contributed by atoms with Crippen molar-refractivity contribution in [1.29, 1.82) is 0 Å². The Morgan fingerprint density at radius 3 is 2.11 bits per heavy atom. The monoisotopic (exact) mass is 512 g/mol. The molecular formula is C23H34F6N4O2. The number of amides is 2. The molecule has 2 amide bonds.